The van der Waals surface area contributed by atoms with Gasteiger partial charge in [-0.15, -0.1) is 0 Å². The van der Waals surface area contributed by atoms with Gasteiger partial charge in [0.25, 0.3) is 0 Å². The van der Waals surface area contributed by atoms with E-state index in [0.29, 0.717) is 5.69 Å². The molecule has 0 bridgehead atoms. The van der Waals surface area contributed by atoms with Crippen LogP contribution in [0.2, 0.25) is 0 Å². The molecule has 0 atom stereocenters. The number of nitrogens with zero attached hydrogens (tertiary/aromatic N) is 1. The van der Waals surface area contributed by atoms with Gasteiger partial charge in [-0.05, 0) is 30.2 Å². The maximum atomic E-state index is 12.9. The summed E-state index contributed by atoms with van der Waals surface area (Å²) >= 11 is 0. The van der Waals surface area contributed by atoms with E-state index in [1.54, 1.807) is 12.1 Å². The Bertz CT molecular complexity index is 1010. The second-order valence-corrected chi connectivity index (χ2v) is 8.83. The Morgan fingerprint density at radius 3 is 1.79 bits per heavy atom. The van der Waals surface area contributed by atoms with Crippen molar-refractivity contribution in [2.24, 2.45) is 0 Å². The summed E-state index contributed by atoms with van der Waals surface area (Å²) in [6, 6.07) is 25.9. The fraction of sp³-hybridized carbons (Fsp3) is 0.174. The Kier molecular flexibility index (Phi) is 6.34. The summed E-state index contributed by atoms with van der Waals surface area (Å²) in [7, 11) is -3.62. The number of aryl methyl sites for hydroxylation is 1. The zero-order chi connectivity index (χ0) is 20.9. The number of rotatable bonds is 7. The highest BCUT2D eigenvalue weighted by molar-refractivity contribution is 7.92. The molecule has 0 spiro atoms. The summed E-state index contributed by atoms with van der Waals surface area (Å²) in [5.74, 6) is -0.381. The molecule has 1 N–H and O–H groups in total. The molecule has 0 saturated carbocycles. The minimum atomic E-state index is -3.62. The lowest BCUT2D eigenvalue weighted by atomic mass is 9.99. The molecule has 0 aromatic heterocycles. The van der Waals surface area contributed by atoms with Gasteiger partial charge in [0.1, 0.15) is 6.54 Å². The van der Waals surface area contributed by atoms with Crippen molar-refractivity contribution in [3.63, 3.8) is 0 Å². The molecule has 0 radical (unpaired) electrons. The summed E-state index contributed by atoms with van der Waals surface area (Å²) in [6.07, 6.45) is 1.10. The number of carbonyl (C=O) groups excluding carboxylic acids is 1. The third kappa shape index (κ3) is 5.45. The number of hydrogen-bond acceptors (Lipinski definition) is 3. The summed E-state index contributed by atoms with van der Waals surface area (Å²) in [6.45, 7) is 1.63. The second-order valence-electron chi connectivity index (χ2n) is 6.93. The SMILES string of the molecule is Cc1ccc(N(CC(=O)NC(c2ccccc2)c2ccccc2)S(C)(=O)=O)cc1. The highest BCUT2D eigenvalue weighted by atomic mass is 32.2. The lowest BCUT2D eigenvalue weighted by molar-refractivity contribution is -0.120. The average Bonchev–Trinajstić information content (AvgIpc) is 2.71. The highest BCUT2D eigenvalue weighted by Crippen LogP contribution is 2.22. The van der Waals surface area contributed by atoms with Gasteiger partial charge in [-0.25, -0.2) is 8.42 Å². The summed E-state index contributed by atoms with van der Waals surface area (Å²) < 4.78 is 25.8. The predicted octanol–water partition coefficient (Wildman–Crippen LogP) is 3.67. The molecule has 3 aromatic carbocycles. The molecule has 0 aliphatic carbocycles. The first-order valence-corrected chi connectivity index (χ1v) is 11.1. The van der Waals surface area contributed by atoms with E-state index in [1.165, 1.54) is 0 Å². The smallest absolute Gasteiger partial charge is 0.241 e. The Hall–Kier alpha value is -3.12. The van der Waals surface area contributed by atoms with Crippen LogP contribution in [0.1, 0.15) is 22.7 Å². The predicted molar refractivity (Wildman–Crippen MR) is 116 cm³/mol. The Morgan fingerprint density at radius 1 is 0.862 bits per heavy atom. The maximum Gasteiger partial charge on any atom is 0.241 e. The number of anilines is 1. The van der Waals surface area contributed by atoms with Crippen LogP contribution in [0.3, 0.4) is 0 Å². The van der Waals surface area contributed by atoms with Crippen molar-refractivity contribution in [3.8, 4) is 0 Å². The minimum Gasteiger partial charge on any atom is -0.344 e. The van der Waals surface area contributed by atoms with Gasteiger partial charge in [-0.1, -0.05) is 78.4 Å². The molecular weight excluding hydrogens is 384 g/mol. The van der Waals surface area contributed by atoms with Gasteiger partial charge >= 0.3 is 0 Å². The quantitative estimate of drug-likeness (QED) is 0.649. The van der Waals surface area contributed by atoms with Crippen molar-refractivity contribution in [1.29, 1.82) is 0 Å². The molecule has 3 aromatic rings. The van der Waals surface area contributed by atoms with Crippen LogP contribution >= 0.6 is 0 Å². The number of hydrogen-bond donors (Lipinski definition) is 1. The molecule has 0 aliphatic heterocycles. The first-order chi connectivity index (χ1) is 13.8. The molecule has 1 amide bonds. The van der Waals surface area contributed by atoms with Crippen LogP contribution in [0.4, 0.5) is 5.69 Å². The molecule has 150 valence electrons. The molecule has 0 unspecified atom stereocenters. The van der Waals surface area contributed by atoms with Crippen molar-refractivity contribution in [2.45, 2.75) is 13.0 Å². The van der Waals surface area contributed by atoms with Crippen LogP contribution in [0.5, 0.6) is 0 Å². The van der Waals surface area contributed by atoms with Crippen LogP contribution < -0.4 is 9.62 Å². The third-order valence-electron chi connectivity index (χ3n) is 4.58. The summed E-state index contributed by atoms with van der Waals surface area (Å²) in [4.78, 5) is 12.9. The lowest BCUT2D eigenvalue weighted by Crippen LogP contribution is -2.41. The molecule has 6 heteroatoms. The fourth-order valence-electron chi connectivity index (χ4n) is 3.10. The monoisotopic (exact) mass is 408 g/mol. The van der Waals surface area contributed by atoms with Gasteiger partial charge < -0.3 is 5.32 Å². The minimum absolute atomic E-state index is 0.294. The van der Waals surface area contributed by atoms with E-state index >= 15 is 0 Å². The standard InChI is InChI=1S/C23H24N2O3S/c1-18-13-15-21(16-14-18)25(29(2,27)28)17-22(26)24-23(19-9-5-3-6-10-19)20-11-7-4-8-12-20/h3-16,23H,17H2,1-2H3,(H,24,26). The van der Waals surface area contributed by atoms with Crippen molar-refractivity contribution in [1.82, 2.24) is 5.32 Å². The zero-order valence-corrected chi connectivity index (χ0v) is 17.3. The number of amides is 1. The van der Waals surface area contributed by atoms with Crippen LogP contribution in [-0.4, -0.2) is 27.1 Å². The lowest BCUT2D eigenvalue weighted by Gasteiger charge is -2.25. The van der Waals surface area contributed by atoms with Gasteiger partial charge in [-0.3, -0.25) is 9.10 Å². The first kappa shape index (κ1) is 20.6. The van der Waals surface area contributed by atoms with Crippen molar-refractivity contribution < 1.29 is 13.2 Å². The number of benzene rings is 3. The first-order valence-electron chi connectivity index (χ1n) is 9.28. The number of sulfonamides is 1. The molecule has 0 aliphatic rings. The normalized spacial score (nSPS) is 11.3. The second kappa shape index (κ2) is 8.92. The Labute approximate surface area is 172 Å². The van der Waals surface area contributed by atoms with Crippen LogP contribution in [0, 0.1) is 6.92 Å². The van der Waals surface area contributed by atoms with Crippen molar-refractivity contribution in [2.75, 3.05) is 17.1 Å². The zero-order valence-electron chi connectivity index (χ0n) is 16.4. The van der Waals surface area contributed by atoms with E-state index in [0.717, 1.165) is 27.3 Å². The topological polar surface area (TPSA) is 66.5 Å². The fourth-order valence-corrected chi connectivity index (χ4v) is 3.95. The highest BCUT2D eigenvalue weighted by Gasteiger charge is 2.23. The van der Waals surface area contributed by atoms with E-state index in [2.05, 4.69) is 5.32 Å². The number of carbonyl (C=O) groups is 1. The van der Waals surface area contributed by atoms with Crippen molar-refractivity contribution in [3.05, 3.63) is 102 Å². The van der Waals surface area contributed by atoms with Gasteiger partial charge in [-0.2, -0.15) is 0 Å². The largest absolute Gasteiger partial charge is 0.344 e. The Morgan fingerprint density at radius 2 is 1.34 bits per heavy atom. The third-order valence-corrected chi connectivity index (χ3v) is 5.72. The maximum absolute atomic E-state index is 12.9. The molecule has 5 nitrogen and oxygen atoms in total. The molecule has 3 rings (SSSR count). The van der Waals surface area contributed by atoms with Crippen LogP contribution in [-0.2, 0) is 14.8 Å². The molecule has 29 heavy (non-hydrogen) atoms. The molecular formula is C23H24N2O3S. The van der Waals surface area contributed by atoms with E-state index in [4.69, 9.17) is 0 Å². The van der Waals surface area contributed by atoms with E-state index in [9.17, 15) is 13.2 Å². The van der Waals surface area contributed by atoms with Gasteiger partial charge in [0, 0.05) is 0 Å². The average molecular weight is 409 g/mol. The Balaban J connectivity index is 1.86. The van der Waals surface area contributed by atoms with E-state index < -0.39 is 10.0 Å². The summed E-state index contributed by atoms with van der Waals surface area (Å²) in [5, 5.41) is 2.99. The molecule has 0 saturated heterocycles. The summed E-state index contributed by atoms with van der Waals surface area (Å²) in [5.41, 5.74) is 3.32. The van der Waals surface area contributed by atoms with Gasteiger partial charge in [0.2, 0.25) is 15.9 Å². The molecule has 0 heterocycles. The van der Waals surface area contributed by atoms with Gasteiger partial charge in [0.15, 0.2) is 0 Å². The van der Waals surface area contributed by atoms with Crippen LogP contribution in [0.15, 0.2) is 84.9 Å². The van der Waals surface area contributed by atoms with Crippen LogP contribution in [0.25, 0.3) is 0 Å². The number of nitrogens with one attached hydrogen (secondary N) is 1. The van der Waals surface area contributed by atoms with E-state index in [1.807, 2.05) is 79.7 Å². The van der Waals surface area contributed by atoms with Crippen molar-refractivity contribution >= 4 is 21.6 Å². The van der Waals surface area contributed by atoms with E-state index in [-0.39, 0.29) is 18.5 Å². The molecule has 0 fully saturated rings. The van der Waals surface area contributed by atoms with Gasteiger partial charge in [0.05, 0.1) is 18.0 Å².